The molecule has 0 spiro atoms. The number of benzene rings is 1. The van der Waals surface area contributed by atoms with Crippen LogP contribution >= 0.6 is 23.2 Å². The fourth-order valence-corrected chi connectivity index (χ4v) is 4.46. The summed E-state index contributed by atoms with van der Waals surface area (Å²) in [7, 11) is 1.53. The molecule has 1 saturated heterocycles. The van der Waals surface area contributed by atoms with Crippen LogP contribution in [-0.2, 0) is 4.79 Å². The SMILES string of the molecule is CN(C(=O)O)[C@@H]1CN(C(=O)[C@H]2CC[C@@H](O)CC2)C[C@H]1c1ccc(Cl)c(Cl)c1. The molecule has 2 amide bonds. The van der Waals surface area contributed by atoms with E-state index < -0.39 is 6.09 Å². The molecular weight excluding hydrogens is 391 g/mol. The van der Waals surface area contributed by atoms with E-state index in [9.17, 15) is 19.8 Å². The fraction of sp³-hybridized carbons (Fsp3) is 0.579. The van der Waals surface area contributed by atoms with Crippen molar-refractivity contribution in [2.75, 3.05) is 20.1 Å². The van der Waals surface area contributed by atoms with Crippen LogP contribution in [0.15, 0.2) is 18.2 Å². The van der Waals surface area contributed by atoms with Gasteiger partial charge in [-0.2, -0.15) is 0 Å². The molecule has 2 N–H and O–H groups in total. The van der Waals surface area contributed by atoms with Gasteiger partial charge in [0.05, 0.1) is 22.2 Å². The lowest BCUT2D eigenvalue weighted by molar-refractivity contribution is -0.136. The number of hydrogen-bond donors (Lipinski definition) is 2. The van der Waals surface area contributed by atoms with Gasteiger partial charge in [0.25, 0.3) is 0 Å². The number of rotatable bonds is 3. The molecule has 8 heteroatoms. The second-order valence-corrected chi connectivity index (χ2v) is 8.30. The van der Waals surface area contributed by atoms with E-state index in [-0.39, 0.29) is 29.9 Å². The smallest absolute Gasteiger partial charge is 0.407 e. The zero-order chi connectivity index (χ0) is 19.7. The molecule has 2 atom stereocenters. The Labute approximate surface area is 168 Å². The molecule has 0 unspecified atom stereocenters. The number of amides is 2. The second kappa shape index (κ2) is 8.25. The molecule has 2 aliphatic rings. The lowest BCUT2D eigenvalue weighted by atomic mass is 9.86. The Morgan fingerprint density at radius 3 is 2.37 bits per heavy atom. The maximum atomic E-state index is 13.0. The third-order valence-electron chi connectivity index (χ3n) is 5.82. The van der Waals surface area contributed by atoms with Gasteiger partial charge in [-0.25, -0.2) is 4.79 Å². The number of aliphatic hydroxyl groups is 1. The second-order valence-electron chi connectivity index (χ2n) is 7.49. The van der Waals surface area contributed by atoms with Crippen LogP contribution in [0.25, 0.3) is 0 Å². The molecule has 148 valence electrons. The lowest BCUT2D eigenvalue weighted by Crippen LogP contribution is -2.42. The van der Waals surface area contributed by atoms with Gasteiger partial charge in [0, 0.05) is 32.0 Å². The molecule has 27 heavy (non-hydrogen) atoms. The highest BCUT2D eigenvalue weighted by atomic mass is 35.5. The highest BCUT2D eigenvalue weighted by Crippen LogP contribution is 2.36. The van der Waals surface area contributed by atoms with E-state index in [0.717, 1.165) is 5.56 Å². The third-order valence-corrected chi connectivity index (χ3v) is 6.56. The largest absolute Gasteiger partial charge is 0.465 e. The minimum Gasteiger partial charge on any atom is -0.465 e. The van der Waals surface area contributed by atoms with Gasteiger partial charge in [0.1, 0.15) is 0 Å². The van der Waals surface area contributed by atoms with Crippen molar-refractivity contribution in [2.24, 2.45) is 5.92 Å². The molecule has 1 aromatic rings. The molecule has 1 saturated carbocycles. The number of carboxylic acid groups (broad SMARTS) is 1. The minimum absolute atomic E-state index is 0.0493. The molecule has 0 aromatic heterocycles. The van der Waals surface area contributed by atoms with Crippen molar-refractivity contribution in [3.63, 3.8) is 0 Å². The van der Waals surface area contributed by atoms with E-state index in [1.54, 1.807) is 17.0 Å². The van der Waals surface area contributed by atoms with E-state index >= 15 is 0 Å². The van der Waals surface area contributed by atoms with Crippen LogP contribution in [0.2, 0.25) is 10.0 Å². The van der Waals surface area contributed by atoms with Crippen molar-refractivity contribution in [3.05, 3.63) is 33.8 Å². The van der Waals surface area contributed by atoms with Crippen LogP contribution in [-0.4, -0.2) is 64.3 Å². The third kappa shape index (κ3) is 4.33. The number of halogens is 2. The monoisotopic (exact) mass is 414 g/mol. The van der Waals surface area contributed by atoms with Crippen molar-refractivity contribution < 1.29 is 19.8 Å². The Kier molecular flexibility index (Phi) is 6.18. The first-order chi connectivity index (χ1) is 12.8. The van der Waals surface area contributed by atoms with Crippen LogP contribution < -0.4 is 0 Å². The molecule has 1 heterocycles. The van der Waals surface area contributed by atoms with E-state index in [1.807, 2.05) is 6.07 Å². The Bertz CT molecular complexity index is 722. The fourth-order valence-electron chi connectivity index (χ4n) is 4.15. The number of hydrogen-bond acceptors (Lipinski definition) is 3. The summed E-state index contributed by atoms with van der Waals surface area (Å²) >= 11 is 12.2. The van der Waals surface area contributed by atoms with Gasteiger partial charge in [-0.05, 0) is 43.4 Å². The summed E-state index contributed by atoms with van der Waals surface area (Å²) in [5.41, 5.74) is 0.872. The van der Waals surface area contributed by atoms with Crippen LogP contribution in [0.3, 0.4) is 0 Å². The number of likely N-dealkylation sites (N-methyl/N-ethyl adjacent to an activating group) is 1. The van der Waals surface area contributed by atoms with E-state index in [2.05, 4.69) is 0 Å². The Hall–Kier alpha value is -1.50. The first-order valence-corrected chi connectivity index (χ1v) is 9.91. The average Bonchev–Trinajstić information content (AvgIpc) is 3.08. The Morgan fingerprint density at radius 2 is 1.78 bits per heavy atom. The molecule has 3 rings (SSSR count). The summed E-state index contributed by atoms with van der Waals surface area (Å²) in [5, 5.41) is 20.0. The quantitative estimate of drug-likeness (QED) is 0.793. The Balaban J connectivity index is 1.81. The number of carbonyl (C=O) groups excluding carboxylic acids is 1. The first-order valence-electron chi connectivity index (χ1n) is 9.15. The number of aliphatic hydroxyl groups excluding tert-OH is 1. The standard InChI is InChI=1S/C19H24Cl2N2O4/c1-22(19(26)27)17-10-23(18(25)11-2-5-13(24)6-3-11)9-14(17)12-4-7-15(20)16(21)8-12/h4,7-8,11,13-14,17,24H,2-3,5-6,9-10H2,1H3,(H,26,27)/t11-,13+,14-,17+/m0/s1. The Morgan fingerprint density at radius 1 is 1.11 bits per heavy atom. The van der Waals surface area contributed by atoms with Crippen LogP contribution in [0.4, 0.5) is 4.79 Å². The molecule has 1 aromatic carbocycles. The van der Waals surface area contributed by atoms with Crippen LogP contribution in [0.5, 0.6) is 0 Å². The molecular formula is C19H24Cl2N2O4. The summed E-state index contributed by atoms with van der Waals surface area (Å²) in [6.45, 7) is 0.795. The van der Waals surface area contributed by atoms with Gasteiger partial charge in [-0.1, -0.05) is 29.3 Å². The molecule has 2 fully saturated rings. The predicted octanol–water partition coefficient (Wildman–Crippen LogP) is 3.45. The normalized spacial score (nSPS) is 28.2. The first kappa shape index (κ1) is 20.2. The van der Waals surface area contributed by atoms with E-state index in [0.29, 0.717) is 48.8 Å². The highest BCUT2D eigenvalue weighted by Gasteiger charge is 2.42. The average molecular weight is 415 g/mol. The zero-order valence-electron chi connectivity index (χ0n) is 15.1. The molecule has 0 radical (unpaired) electrons. The minimum atomic E-state index is -1.03. The van der Waals surface area contributed by atoms with Gasteiger partial charge in [-0.3, -0.25) is 4.79 Å². The number of carbonyl (C=O) groups is 2. The number of nitrogens with zero attached hydrogens (tertiary/aromatic N) is 2. The van der Waals surface area contributed by atoms with Crippen molar-refractivity contribution in [1.82, 2.24) is 9.80 Å². The summed E-state index contributed by atoms with van der Waals surface area (Å²) in [5.74, 6) is -0.219. The van der Waals surface area contributed by atoms with Crippen molar-refractivity contribution in [1.29, 1.82) is 0 Å². The maximum Gasteiger partial charge on any atom is 0.407 e. The van der Waals surface area contributed by atoms with E-state index in [1.165, 1.54) is 11.9 Å². The maximum absolute atomic E-state index is 13.0. The summed E-state index contributed by atoms with van der Waals surface area (Å²) in [6, 6.07) is 4.94. The number of likely N-dealkylation sites (tertiary alicyclic amines) is 1. The molecule has 6 nitrogen and oxygen atoms in total. The summed E-state index contributed by atoms with van der Waals surface area (Å²) in [4.78, 5) is 27.6. The van der Waals surface area contributed by atoms with Crippen LogP contribution in [0, 0.1) is 5.92 Å². The van der Waals surface area contributed by atoms with Gasteiger partial charge in [0.15, 0.2) is 0 Å². The van der Waals surface area contributed by atoms with Crippen LogP contribution in [0.1, 0.15) is 37.2 Å². The topological polar surface area (TPSA) is 81.1 Å². The molecule has 1 aliphatic carbocycles. The highest BCUT2D eigenvalue weighted by molar-refractivity contribution is 6.42. The molecule has 0 bridgehead atoms. The van der Waals surface area contributed by atoms with Crippen molar-refractivity contribution >= 4 is 35.2 Å². The zero-order valence-corrected chi connectivity index (χ0v) is 16.7. The summed E-state index contributed by atoms with van der Waals surface area (Å²) in [6.07, 6.45) is 1.28. The van der Waals surface area contributed by atoms with Gasteiger partial charge in [-0.15, -0.1) is 0 Å². The van der Waals surface area contributed by atoms with E-state index in [4.69, 9.17) is 23.2 Å². The van der Waals surface area contributed by atoms with Gasteiger partial charge < -0.3 is 20.0 Å². The van der Waals surface area contributed by atoms with Gasteiger partial charge in [0.2, 0.25) is 5.91 Å². The molecule has 1 aliphatic heterocycles. The van der Waals surface area contributed by atoms with Gasteiger partial charge >= 0.3 is 6.09 Å². The summed E-state index contributed by atoms with van der Waals surface area (Å²) < 4.78 is 0. The predicted molar refractivity (Wildman–Crippen MR) is 103 cm³/mol. The van der Waals surface area contributed by atoms with Crippen molar-refractivity contribution in [2.45, 2.75) is 43.7 Å². The van der Waals surface area contributed by atoms with Crippen molar-refractivity contribution in [3.8, 4) is 0 Å². The lowest BCUT2D eigenvalue weighted by Gasteiger charge is -2.29.